The van der Waals surface area contributed by atoms with E-state index in [9.17, 15) is 13.2 Å². The maximum absolute atomic E-state index is 12.9. The molecule has 2 aromatic rings. The molecule has 4 nitrogen and oxygen atoms in total. The van der Waals surface area contributed by atoms with Gasteiger partial charge in [0.1, 0.15) is 0 Å². The SMILES string of the molecule is CC(=O)c1ccc2c(c1)N(S(=O)(=O)c1ccc(Cl)cc1)CCC2. The van der Waals surface area contributed by atoms with Crippen LogP contribution in [0.3, 0.4) is 0 Å². The number of hydrogen-bond acceptors (Lipinski definition) is 3. The van der Waals surface area contributed by atoms with Crippen LogP contribution in [0.15, 0.2) is 47.4 Å². The van der Waals surface area contributed by atoms with Crippen molar-refractivity contribution in [2.45, 2.75) is 24.7 Å². The first-order valence-corrected chi connectivity index (χ1v) is 9.13. The highest BCUT2D eigenvalue weighted by atomic mass is 35.5. The molecule has 1 aliphatic heterocycles. The van der Waals surface area contributed by atoms with E-state index in [4.69, 9.17) is 11.6 Å². The average molecular weight is 350 g/mol. The predicted octanol–water partition coefficient (Wildman–Crippen LogP) is 3.68. The van der Waals surface area contributed by atoms with E-state index >= 15 is 0 Å². The van der Waals surface area contributed by atoms with Gasteiger partial charge >= 0.3 is 0 Å². The molecule has 0 N–H and O–H groups in total. The van der Waals surface area contributed by atoms with Crippen molar-refractivity contribution in [2.75, 3.05) is 10.8 Å². The molecule has 0 unspecified atom stereocenters. The van der Waals surface area contributed by atoms with Gasteiger partial charge in [-0.05, 0) is 55.7 Å². The number of fused-ring (bicyclic) bond motifs is 1. The average Bonchev–Trinajstić information content (AvgIpc) is 2.54. The fourth-order valence-corrected chi connectivity index (χ4v) is 4.40. The fraction of sp³-hybridized carbons (Fsp3) is 0.235. The Morgan fingerprint density at radius 2 is 1.83 bits per heavy atom. The number of anilines is 1. The van der Waals surface area contributed by atoms with Crippen molar-refractivity contribution in [3.05, 3.63) is 58.6 Å². The number of halogens is 1. The van der Waals surface area contributed by atoms with Crippen molar-refractivity contribution >= 4 is 33.1 Å². The highest BCUT2D eigenvalue weighted by Crippen LogP contribution is 2.33. The number of carbonyl (C=O) groups excluding carboxylic acids is 1. The summed E-state index contributed by atoms with van der Waals surface area (Å²) in [6, 6.07) is 11.4. The van der Waals surface area contributed by atoms with Crippen molar-refractivity contribution in [2.24, 2.45) is 0 Å². The summed E-state index contributed by atoms with van der Waals surface area (Å²) in [6.45, 7) is 1.88. The number of hydrogen-bond donors (Lipinski definition) is 0. The van der Waals surface area contributed by atoms with Gasteiger partial charge in [0.25, 0.3) is 10.0 Å². The van der Waals surface area contributed by atoms with Gasteiger partial charge in [-0.15, -0.1) is 0 Å². The maximum atomic E-state index is 12.9. The molecule has 0 spiro atoms. The Hall–Kier alpha value is -1.85. The van der Waals surface area contributed by atoms with Crippen molar-refractivity contribution < 1.29 is 13.2 Å². The minimum absolute atomic E-state index is 0.0813. The second-order valence-corrected chi connectivity index (χ2v) is 7.83. The summed E-state index contributed by atoms with van der Waals surface area (Å²) >= 11 is 5.84. The van der Waals surface area contributed by atoms with Crippen LogP contribution < -0.4 is 4.31 Å². The molecule has 2 aromatic carbocycles. The second kappa shape index (κ2) is 5.98. The molecular weight excluding hydrogens is 334 g/mol. The summed E-state index contributed by atoms with van der Waals surface area (Å²) in [5.41, 5.74) is 2.06. The number of nitrogens with zero attached hydrogens (tertiary/aromatic N) is 1. The van der Waals surface area contributed by atoms with Gasteiger partial charge in [-0.2, -0.15) is 0 Å². The number of rotatable bonds is 3. The van der Waals surface area contributed by atoms with Crippen LogP contribution in [0.1, 0.15) is 29.3 Å². The van der Waals surface area contributed by atoms with Crippen LogP contribution in [-0.2, 0) is 16.4 Å². The van der Waals surface area contributed by atoms with Gasteiger partial charge in [-0.3, -0.25) is 9.10 Å². The van der Waals surface area contributed by atoms with Crippen molar-refractivity contribution in [1.29, 1.82) is 0 Å². The number of carbonyl (C=O) groups is 1. The molecule has 0 amide bonds. The molecule has 1 aliphatic rings. The Kier molecular flexibility index (Phi) is 4.17. The van der Waals surface area contributed by atoms with E-state index in [1.165, 1.54) is 23.4 Å². The van der Waals surface area contributed by atoms with E-state index < -0.39 is 10.0 Å². The summed E-state index contributed by atoms with van der Waals surface area (Å²) in [5, 5.41) is 0.488. The third-order valence-corrected chi connectivity index (χ3v) is 6.05. The smallest absolute Gasteiger partial charge is 0.264 e. The maximum Gasteiger partial charge on any atom is 0.264 e. The van der Waals surface area contributed by atoms with E-state index in [2.05, 4.69) is 0 Å². The number of aryl methyl sites for hydroxylation is 1. The zero-order valence-electron chi connectivity index (χ0n) is 12.6. The predicted molar refractivity (Wildman–Crippen MR) is 90.8 cm³/mol. The summed E-state index contributed by atoms with van der Waals surface area (Å²) in [6.07, 6.45) is 1.55. The van der Waals surface area contributed by atoms with Crippen LogP contribution in [0, 0.1) is 0 Å². The van der Waals surface area contributed by atoms with Crippen LogP contribution in [-0.4, -0.2) is 20.7 Å². The van der Waals surface area contributed by atoms with Gasteiger partial charge in [-0.25, -0.2) is 8.42 Å². The zero-order chi connectivity index (χ0) is 16.6. The second-order valence-electron chi connectivity index (χ2n) is 5.53. The first-order chi connectivity index (χ1) is 10.9. The van der Waals surface area contributed by atoms with Gasteiger partial charge in [0.05, 0.1) is 10.6 Å². The van der Waals surface area contributed by atoms with Gasteiger partial charge in [0.15, 0.2) is 5.78 Å². The van der Waals surface area contributed by atoms with Crippen molar-refractivity contribution in [3.8, 4) is 0 Å². The largest absolute Gasteiger partial charge is 0.295 e. The lowest BCUT2D eigenvalue weighted by Gasteiger charge is -2.30. The van der Waals surface area contributed by atoms with Gasteiger partial charge in [-0.1, -0.05) is 23.7 Å². The fourth-order valence-electron chi connectivity index (χ4n) is 2.74. The number of sulfonamides is 1. The lowest BCUT2D eigenvalue weighted by molar-refractivity contribution is 0.101. The molecule has 1 heterocycles. The van der Waals surface area contributed by atoms with Crippen LogP contribution >= 0.6 is 11.6 Å². The molecule has 120 valence electrons. The van der Waals surface area contributed by atoms with E-state index in [0.29, 0.717) is 22.8 Å². The summed E-state index contributed by atoms with van der Waals surface area (Å²) in [4.78, 5) is 11.8. The summed E-state index contributed by atoms with van der Waals surface area (Å²) in [5.74, 6) is -0.0813. The zero-order valence-corrected chi connectivity index (χ0v) is 14.2. The molecule has 6 heteroatoms. The molecule has 0 atom stereocenters. The molecule has 0 saturated carbocycles. The van der Waals surface area contributed by atoms with Crippen LogP contribution in [0.4, 0.5) is 5.69 Å². The third-order valence-electron chi connectivity index (χ3n) is 3.97. The molecule has 0 radical (unpaired) electrons. The molecule has 0 bridgehead atoms. The summed E-state index contributed by atoms with van der Waals surface area (Å²) in [7, 11) is -3.67. The lowest BCUT2D eigenvalue weighted by atomic mass is 10.00. The van der Waals surface area contributed by atoms with Gasteiger partial charge < -0.3 is 0 Å². The minimum Gasteiger partial charge on any atom is -0.295 e. The van der Waals surface area contributed by atoms with E-state index in [-0.39, 0.29) is 10.7 Å². The Morgan fingerprint density at radius 3 is 2.48 bits per heavy atom. The van der Waals surface area contributed by atoms with E-state index in [1.807, 2.05) is 6.07 Å². The van der Waals surface area contributed by atoms with Crippen molar-refractivity contribution in [1.82, 2.24) is 0 Å². The Morgan fingerprint density at radius 1 is 1.13 bits per heavy atom. The lowest BCUT2D eigenvalue weighted by Crippen LogP contribution is -2.35. The van der Waals surface area contributed by atoms with E-state index in [0.717, 1.165) is 18.4 Å². The molecule has 0 saturated heterocycles. The number of benzene rings is 2. The van der Waals surface area contributed by atoms with Gasteiger partial charge in [0, 0.05) is 17.1 Å². The Balaban J connectivity index is 2.10. The number of ketones is 1. The summed E-state index contributed by atoms with van der Waals surface area (Å²) < 4.78 is 27.3. The Labute approximate surface area is 140 Å². The topological polar surface area (TPSA) is 54.5 Å². The molecule has 23 heavy (non-hydrogen) atoms. The standard InChI is InChI=1S/C17H16ClNO3S/c1-12(20)14-5-4-13-3-2-10-19(17(13)11-14)23(21,22)16-8-6-15(18)7-9-16/h4-9,11H,2-3,10H2,1H3. The monoisotopic (exact) mass is 349 g/mol. The normalized spacial score (nSPS) is 14.4. The van der Waals surface area contributed by atoms with Crippen LogP contribution in [0.2, 0.25) is 5.02 Å². The highest BCUT2D eigenvalue weighted by Gasteiger charge is 2.29. The first-order valence-electron chi connectivity index (χ1n) is 7.32. The third kappa shape index (κ3) is 2.99. The highest BCUT2D eigenvalue weighted by molar-refractivity contribution is 7.92. The minimum atomic E-state index is -3.67. The molecule has 0 fully saturated rings. The molecular formula is C17H16ClNO3S. The number of Topliss-reactive ketones (excluding diaryl/α,β-unsaturated/α-hetero) is 1. The van der Waals surface area contributed by atoms with Gasteiger partial charge in [0.2, 0.25) is 0 Å². The van der Waals surface area contributed by atoms with Crippen molar-refractivity contribution in [3.63, 3.8) is 0 Å². The van der Waals surface area contributed by atoms with Crippen LogP contribution in [0.5, 0.6) is 0 Å². The van der Waals surface area contributed by atoms with E-state index in [1.54, 1.807) is 24.3 Å². The molecule has 3 rings (SSSR count). The van der Waals surface area contributed by atoms with Crippen LogP contribution in [0.25, 0.3) is 0 Å². The quantitative estimate of drug-likeness (QED) is 0.794. The Bertz CT molecular complexity index is 860. The molecule has 0 aromatic heterocycles. The molecule has 0 aliphatic carbocycles. The first kappa shape index (κ1) is 16.0.